The minimum atomic E-state index is -0.567. The maximum absolute atomic E-state index is 12.4. The summed E-state index contributed by atoms with van der Waals surface area (Å²) in [5.41, 5.74) is 0.376. The molecule has 8 heteroatoms. The molecule has 0 saturated carbocycles. The normalized spacial score (nSPS) is 14.8. The van der Waals surface area contributed by atoms with E-state index in [4.69, 9.17) is 4.74 Å². The zero-order chi connectivity index (χ0) is 21.4. The number of rotatable bonds is 5. The molecule has 0 aromatic heterocycles. The third-order valence-corrected chi connectivity index (χ3v) is 4.71. The fraction of sp³-hybridized carbons (Fsp3) is 0.476. The largest absolute Gasteiger partial charge is 0.444 e. The second-order valence-electron chi connectivity index (χ2n) is 7.77. The van der Waals surface area contributed by atoms with E-state index in [2.05, 4.69) is 21.2 Å². The molecule has 0 aliphatic carbocycles. The van der Waals surface area contributed by atoms with E-state index in [0.717, 1.165) is 10.0 Å². The van der Waals surface area contributed by atoms with Gasteiger partial charge in [0.25, 0.3) is 0 Å². The van der Waals surface area contributed by atoms with Crippen molar-refractivity contribution in [3.8, 4) is 0 Å². The van der Waals surface area contributed by atoms with Crippen molar-refractivity contribution in [2.75, 3.05) is 32.7 Å². The van der Waals surface area contributed by atoms with E-state index in [1.54, 1.807) is 42.7 Å². The van der Waals surface area contributed by atoms with Gasteiger partial charge in [0, 0.05) is 49.7 Å². The summed E-state index contributed by atoms with van der Waals surface area (Å²) in [6.45, 7) is 7.54. The molecule has 1 aromatic rings. The molecule has 0 spiro atoms. The smallest absolute Gasteiger partial charge is 0.407 e. The Labute approximate surface area is 180 Å². The van der Waals surface area contributed by atoms with Gasteiger partial charge in [-0.3, -0.25) is 9.59 Å². The molecule has 0 atom stereocenters. The van der Waals surface area contributed by atoms with Crippen molar-refractivity contribution in [1.29, 1.82) is 0 Å². The predicted molar refractivity (Wildman–Crippen MR) is 115 cm³/mol. The minimum absolute atomic E-state index is 0.0437. The first-order valence-electron chi connectivity index (χ1n) is 9.61. The predicted octanol–water partition coefficient (Wildman–Crippen LogP) is 3.05. The first-order chi connectivity index (χ1) is 13.6. The molecule has 7 nitrogen and oxygen atoms in total. The van der Waals surface area contributed by atoms with E-state index in [0.29, 0.717) is 26.2 Å². The maximum atomic E-state index is 12.4. The van der Waals surface area contributed by atoms with Gasteiger partial charge < -0.3 is 19.9 Å². The highest BCUT2D eigenvalue weighted by atomic mass is 79.9. The molecule has 1 N–H and O–H groups in total. The van der Waals surface area contributed by atoms with Crippen LogP contribution in [0.4, 0.5) is 4.79 Å². The number of carbonyl (C=O) groups excluding carboxylic acids is 3. The van der Waals surface area contributed by atoms with Crippen LogP contribution in [-0.4, -0.2) is 66.0 Å². The minimum Gasteiger partial charge on any atom is -0.444 e. The summed E-state index contributed by atoms with van der Waals surface area (Å²) < 4.78 is 6.10. The number of piperazine rings is 1. The molecule has 29 heavy (non-hydrogen) atoms. The highest BCUT2D eigenvalue weighted by Gasteiger charge is 2.23. The summed E-state index contributed by atoms with van der Waals surface area (Å²) >= 11 is 3.41. The maximum Gasteiger partial charge on any atom is 0.407 e. The van der Waals surface area contributed by atoms with E-state index < -0.39 is 11.7 Å². The number of carbonyl (C=O) groups is 3. The van der Waals surface area contributed by atoms with Gasteiger partial charge in [-0.15, -0.1) is 0 Å². The topological polar surface area (TPSA) is 79.0 Å². The van der Waals surface area contributed by atoms with Gasteiger partial charge in [-0.2, -0.15) is 0 Å². The Kier molecular flexibility index (Phi) is 8.25. The third-order valence-electron chi connectivity index (χ3n) is 4.22. The number of halogens is 1. The fourth-order valence-electron chi connectivity index (χ4n) is 2.80. The molecule has 0 radical (unpaired) electrons. The Balaban J connectivity index is 1.71. The number of ether oxygens (including phenoxy) is 1. The Morgan fingerprint density at radius 3 is 2.41 bits per heavy atom. The second kappa shape index (κ2) is 10.4. The molecule has 1 aliphatic rings. The zero-order valence-corrected chi connectivity index (χ0v) is 18.7. The Morgan fingerprint density at radius 1 is 1.14 bits per heavy atom. The van der Waals surface area contributed by atoms with Crippen molar-refractivity contribution >= 4 is 39.9 Å². The molecule has 1 saturated heterocycles. The van der Waals surface area contributed by atoms with Gasteiger partial charge >= 0.3 is 6.09 Å². The number of alkyl carbamates (subject to hydrolysis) is 1. The molecule has 1 aliphatic heterocycles. The summed E-state index contributed by atoms with van der Waals surface area (Å²) in [4.78, 5) is 39.7. The molecular weight excluding hydrogens is 438 g/mol. The Morgan fingerprint density at radius 2 is 1.79 bits per heavy atom. The van der Waals surface area contributed by atoms with Gasteiger partial charge in [0.1, 0.15) is 5.60 Å². The fourth-order valence-corrected chi connectivity index (χ4v) is 3.22. The molecular formula is C21H28BrN3O4. The average Bonchev–Trinajstić information content (AvgIpc) is 2.65. The zero-order valence-electron chi connectivity index (χ0n) is 17.1. The highest BCUT2D eigenvalue weighted by Crippen LogP contribution is 2.13. The van der Waals surface area contributed by atoms with Gasteiger partial charge in [0.15, 0.2) is 0 Å². The lowest BCUT2D eigenvalue weighted by atomic mass is 10.2. The van der Waals surface area contributed by atoms with E-state index in [1.807, 2.05) is 24.3 Å². The van der Waals surface area contributed by atoms with Crippen molar-refractivity contribution in [3.05, 3.63) is 40.4 Å². The van der Waals surface area contributed by atoms with Crippen LogP contribution in [0, 0.1) is 0 Å². The quantitative estimate of drug-likeness (QED) is 0.677. The van der Waals surface area contributed by atoms with Crippen molar-refractivity contribution in [2.24, 2.45) is 0 Å². The molecule has 0 bridgehead atoms. The summed E-state index contributed by atoms with van der Waals surface area (Å²) in [6.07, 6.45) is 3.02. The van der Waals surface area contributed by atoms with Crippen LogP contribution >= 0.6 is 15.9 Å². The van der Waals surface area contributed by atoms with Crippen LogP contribution in [0.3, 0.4) is 0 Å². The molecule has 3 amide bonds. The summed E-state index contributed by atoms with van der Waals surface area (Å²) in [6, 6.07) is 7.71. The third kappa shape index (κ3) is 8.27. The van der Waals surface area contributed by atoms with Crippen LogP contribution in [0.5, 0.6) is 0 Å². The van der Waals surface area contributed by atoms with Gasteiger partial charge in [0.05, 0.1) is 0 Å². The van der Waals surface area contributed by atoms with Gasteiger partial charge in [0.2, 0.25) is 11.8 Å². The number of benzene rings is 1. The van der Waals surface area contributed by atoms with Crippen molar-refractivity contribution < 1.29 is 19.1 Å². The first kappa shape index (κ1) is 22.9. The molecule has 1 aromatic carbocycles. The Bertz CT molecular complexity index is 765. The number of hydrogen-bond acceptors (Lipinski definition) is 4. The Hall–Kier alpha value is -2.35. The molecule has 2 rings (SSSR count). The van der Waals surface area contributed by atoms with E-state index in [1.165, 1.54) is 0 Å². The van der Waals surface area contributed by atoms with Crippen LogP contribution in [0.2, 0.25) is 0 Å². The number of hydrogen-bond donors (Lipinski definition) is 1. The monoisotopic (exact) mass is 465 g/mol. The van der Waals surface area contributed by atoms with Crippen LogP contribution in [0.15, 0.2) is 34.8 Å². The van der Waals surface area contributed by atoms with Crippen LogP contribution < -0.4 is 5.32 Å². The van der Waals surface area contributed by atoms with Crippen LogP contribution in [-0.2, 0) is 14.3 Å². The van der Waals surface area contributed by atoms with Gasteiger partial charge in [-0.1, -0.05) is 28.1 Å². The van der Waals surface area contributed by atoms with Crippen molar-refractivity contribution in [1.82, 2.24) is 15.1 Å². The molecule has 1 fully saturated rings. The van der Waals surface area contributed by atoms with Crippen LogP contribution in [0.25, 0.3) is 6.08 Å². The average molecular weight is 466 g/mol. The molecule has 1 heterocycles. The lowest BCUT2D eigenvalue weighted by Crippen LogP contribution is -2.50. The van der Waals surface area contributed by atoms with E-state index in [9.17, 15) is 14.4 Å². The summed E-state index contributed by atoms with van der Waals surface area (Å²) in [5, 5.41) is 2.59. The number of nitrogens with one attached hydrogen (secondary N) is 1. The van der Waals surface area contributed by atoms with Crippen molar-refractivity contribution in [2.45, 2.75) is 32.8 Å². The van der Waals surface area contributed by atoms with E-state index >= 15 is 0 Å². The SMILES string of the molecule is CC(C)(C)OC(=O)NCCC(=O)N1CCN(C(=O)/C=C/c2cccc(Br)c2)CC1. The lowest BCUT2D eigenvalue weighted by molar-refractivity contribution is -0.137. The highest BCUT2D eigenvalue weighted by molar-refractivity contribution is 9.10. The summed E-state index contributed by atoms with van der Waals surface area (Å²) in [5.74, 6) is -0.110. The summed E-state index contributed by atoms with van der Waals surface area (Å²) in [7, 11) is 0. The number of amides is 3. The van der Waals surface area contributed by atoms with Crippen LogP contribution in [0.1, 0.15) is 32.8 Å². The molecule has 0 unspecified atom stereocenters. The lowest BCUT2D eigenvalue weighted by Gasteiger charge is -2.34. The van der Waals surface area contributed by atoms with E-state index in [-0.39, 0.29) is 24.8 Å². The molecule has 158 valence electrons. The first-order valence-corrected chi connectivity index (χ1v) is 10.4. The number of nitrogens with zero attached hydrogens (tertiary/aromatic N) is 2. The van der Waals surface area contributed by atoms with Crippen molar-refractivity contribution in [3.63, 3.8) is 0 Å². The second-order valence-corrected chi connectivity index (χ2v) is 8.69. The standard InChI is InChI=1S/C21H28BrN3O4/c1-21(2,3)29-20(28)23-10-9-19(27)25-13-11-24(12-14-25)18(26)8-7-16-5-4-6-17(22)15-16/h4-8,15H,9-14H2,1-3H3,(H,23,28)/b8-7+. The van der Waals surface area contributed by atoms with Gasteiger partial charge in [-0.25, -0.2) is 4.79 Å². The van der Waals surface area contributed by atoms with Gasteiger partial charge in [-0.05, 0) is 44.5 Å².